The van der Waals surface area contributed by atoms with E-state index in [0.29, 0.717) is 22.2 Å². The molecule has 0 spiro atoms. The molecule has 0 radical (unpaired) electrons. The van der Waals surface area contributed by atoms with E-state index in [0.717, 1.165) is 5.56 Å². The summed E-state index contributed by atoms with van der Waals surface area (Å²) in [5, 5.41) is 0.596. The minimum absolute atomic E-state index is 0.196. The molecule has 1 fully saturated rings. The maximum Gasteiger partial charge on any atom is 0.497 e. The maximum atomic E-state index is 13.5. The topological polar surface area (TPSA) is 83.3 Å². The highest BCUT2D eigenvalue weighted by atomic mass is 32.2. The van der Waals surface area contributed by atoms with Crippen LogP contribution in [0.4, 0.5) is 0 Å². The van der Waals surface area contributed by atoms with E-state index in [9.17, 15) is 8.42 Å². The molecule has 7 nitrogen and oxygen atoms in total. The lowest BCUT2D eigenvalue weighted by Crippen LogP contribution is -2.41. The molecular formula is C20H24BN3O4S. The molecule has 1 aliphatic rings. The van der Waals surface area contributed by atoms with Crippen molar-refractivity contribution < 1.29 is 17.7 Å². The van der Waals surface area contributed by atoms with E-state index in [1.807, 2.05) is 34.6 Å². The largest absolute Gasteiger partial charge is 0.497 e. The molecule has 0 bridgehead atoms. The van der Waals surface area contributed by atoms with Crippen LogP contribution in [0.15, 0.2) is 41.7 Å². The monoisotopic (exact) mass is 413 g/mol. The first-order valence-electron chi connectivity index (χ1n) is 9.44. The third-order valence-electron chi connectivity index (χ3n) is 5.92. The normalized spacial score (nSPS) is 18.5. The zero-order chi connectivity index (χ0) is 21.2. The number of hydrogen-bond donors (Lipinski definition) is 0. The summed E-state index contributed by atoms with van der Waals surface area (Å²) in [4.78, 5) is 8.58. The summed E-state index contributed by atoms with van der Waals surface area (Å²) in [5.41, 5.74) is 1.32. The van der Waals surface area contributed by atoms with Gasteiger partial charge < -0.3 is 9.31 Å². The van der Waals surface area contributed by atoms with Crippen LogP contribution in [0.25, 0.3) is 11.0 Å². The van der Waals surface area contributed by atoms with Gasteiger partial charge in [-0.3, -0.25) is 0 Å². The van der Waals surface area contributed by atoms with Gasteiger partial charge in [0.2, 0.25) is 0 Å². The Bertz CT molecular complexity index is 1180. The summed E-state index contributed by atoms with van der Waals surface area (Å²) >= 11 is 0. The van der Waals surface area contributed by atoms with Crippen molar-refractivity contribution in [3.05, 3.63) is 48.0 Å². The van der Waals surface area contributed by atoms with E-state index in [4.69, 9.17) is 9.31 Å². The predicted molar refractivity (Wildman–Crippen MR) is 112 cm³/mol. The molecule has 0 unspecified atom stereocenters. The molecule has 3 aromatic rings. The van der Waals surface area contributed by atoms with Gasteiger partial charge in [0.05, 0.1) is 16.1 Å². The van der Waals surface area contributed by atoms with Crippen LogP contribution in [0.1, 0.15) is 39.0 Å². The SMILES string of the molecule is Cc1ccc(S(=O)(=O)n2c(C)c(B3OC(C)(C)C(C)(C)O3)c3cncnc32)cc1. The number of benzene rings is 1. The lowest BCUT2D eigenvalue weighted by molar-refractivity contribution is 0.00578. The predicted octanol–water partition coefficient (Wildman–Crippen LogP) is 2.58. The second-order valence-corrected chi connectivity index (χ2v) is 10.2. The lowest BCUT2D eigenvalue weighted by atomic mass is 9.77. The fourth-order valence-corrected chi connectivity index (χ4v) is 5.03. The Labute approximate surface area is 171 Å². The number of rotatable bonds is 3. The third-order valence-corrected chi connectivity index (χ3v) is 7.71. The van der Waals surface area contributed by atoms with Crippen molar-refractivity contribution in [3.63, 3.8) is 0 Å². The lowest BCUT2D eigenvalue weighted by Gasteiger charge is -2.32. The van der Waals surface area contributed by atoms with Gasteiger partial charge in [0.25, 0.3) is 10.0 Å². The highest BCUT2D eigenvalue weighted by Crippen LogP contribution is 2.37. The first-order valence-corrected chi connectivity index (χ1v) is 10.9. The van der Waals surface area contributed by atoms with Crippen molar-refractivity contribution >= 4 is 33.6 Å². The zero-order valence-corrected chi connectivity index (χ0v) is 18.2. The van der Waals surface area contributed by atoms with E-state index in [1.165, 1.54) is 10.3 Å². The van der Waals surface area contributed by atoms with Crippen molar-refractivity contribution in [3.8, 4) is 0 Å². The Balaban J connectivity index is 1.95. The van der Waals surface area contributed by atoms with Crippen LogP contribution in [0.5, 0.6) is 0 Å². The molecule has 0 atom stereocenters. The molecule has 4 rings (SSSR count). The van der Waals surface area contributed by atoms with Crippen LogP contribution in [-0.4, -0.2) is 40.7 Å². The highest BCUT2D eigenvalue weighted by molar-refractivity contribution is 7.90. The quantitative estimate of drug-likeness (QED) is 0.614. The second-order valence-electron chi connectivity index (χ2n) is 8.43. The van der Waals surface area contributed by atoms with Crippen molar-refractivity contribution in [1.82, 2.24) is 13.9 Å². The van der Waals surface area contributed by atoms with Crippen LogP contribution in [0.2, 0.25) is 0 Å². The summed E-state index contributed by atoms with van der Waals surface area (Å²) in [6.07, 6.45) is 2.95. The Morgan fingerprint density at radius 1 is 1.00 bits per heavy atom. The van der Waals surface area contributed by atoms with Crippen molar-refractivity contribution in [2.75, 3.05) is 0 Å². The minimum Gasteiger partial charge on any atom is -0.399 e. The van der Waals surface area contributed by atoms with E-state index in [1.54, 1.807) is 37.4 Å². The molecule has 29 heavy (non-hydrogen) atoms. The smallest absolute Gasteiger partial charge is 0.399 e. The van der Waals surface area contributed by atoms with Gasteiger partial charge in [-0.1, -0.05) is 17.7 Å². The van der Waals surface area contributed by atoms with E-state index >= 15 is 0 Å². The van der Waals surface area contributed by atoms with Crippen molar-refractivity contribution in [1.29, 1.82) is 0 Å². The Hall–Kier alpha value is -2.23. The standard InChI is InChI=1S/C20H24BN3O4S/c1-13-7-9-15(10-8-13)29(25,26)24-14(2)17(16-11-22-12-23-18(16)24)21-27-19(3,4)20(5,6)28-21/h7-12H,1-6H3. The fraction of sp³-hybridized carbons (Fsp3) is 0.400. The molecule has 0 saturated carbocycles. The van der Waals surface area contributed by atoms with Gasteiger partial charge in [-0.2, -0.15) is 0 Å². The molecule has 0 aliphatic carbocycles. The van der Waals surface area contributed by atoms with Gasteiger partial charge in [-0.25, -0.2) is 22.4 Å². The average molecular weight is 413 g/mol. The van der Waals surface area contributed by atoms with Crippen LogP contribution in [-0.2, 0) is 19.3 Å². The molecule has 0 amide bonds. The van der Waals surface area contributed by atoms with Gasteiger partial charge in [0, 0.05) is 22.7 Å². The van der Waals surface area contributed by atoms with Crippen molar-refractivity contribution in [2.24, 2.45) is 0 Å². The Morgan fingerprint density at radius 3 is 2.17 bits per heavy atom. The van der Waals surface area contributed by atoms with Gasteiger partial charge in [-0.05, 0) is 53.7 Å². The summed E-state index contributed by atoms with van der Waals surface area (Å²) in [5.74, 6) is 0. The summed E-state index contributed by atoms with van der Waals surface area (Å²) < 4.78 is 40.6. The van der Waals surface area contributed by atoms with E-state index in [2.05, 4.69) is 9.97 Å². The average Bonchev–Trinajstić information content (AvgIpc) is 3.04. The number of aromatic nitrogens is 3. The van der Waals surface area contributed by atoms with Gasteiger partial charge in [0.15, 0.2) is 5.65 Å². The minimum atomic E-state index is -3.86. The number of nitrogens with zero attached hydrogens (tertiary/aromatic N) is 3. The molecule has 0 N–H and O–H groups in total. The van der Waals surface area contributed by atoms with Crippen LogP contribution >= 0.6 is 0 Å². The van der Waals surface area contributed by atoms with E-state index < -0.39 is 28.3 Å². The maximum absolute atomic E-state index is 13.5. The Morgan fingerprint density at radius 2 is 1.59 bits per heavy atom. The zero-order valence-electron chi connectivity index (χ0n) is 17.4. The van der Waals surface area contributed by atoms with Crippen LogP contribution in [0.3, 0.4) is 0 Å². The summed E-state index contributed by atoms with van der Waals surface area (Å²) in [6, 6.07) is 6.76. The molecule has 1 aromatic carbocycles. The number of hydrogen-bond acceptors (Lipinski definition) is 6. The van der Waals surface area contributed by atoms with Crippen LogP contribution < -0.4 is 5.46 Å². The van der Waals surface area contributed by atoms with Gasteiger partial charge in [-0.15, -0.1) is 0 Å². The fourth-order valence-electron chi connectivity index (χ4n) is 3.51. The first-order chi connectivity index (χ1) is 13.5. The molecular weight excluding hydrogens is 389 g/mol. The molecule has 2 aromatic heterocycles. The molecule has 152 valence electrons. The molecule has 1 aliphatic heterocycles. The second kappa shape index (κ2) is 6.39. The third kappa shape index (κ3) is 2.99. The summed E-state index contributed by atoms with van der Waals surface area (Å²) in [7, 11) is -4.58. The molecule has 9 heteroatoms. The number of fused-ring (bicyclic) bond motifs is 1. The highest BCUT2D eigenvalue weighted by Gasteiger charge is 2.53. The van der Waals surface area contributed by atoms with Gasteiger partial charge >= 0.3 is 7.12 Å². The summed E-state index contributed by atoms with van der Waals surface area (Å²) in [6.45, 7) is 11.5. The Kier molecular flexibility index (Phi) is 4.42. The number of aryl methyl sites for hydroxylation is 1. The van der Waals surface area contributed by atoms with E-state index in [-0.39, 0.29) is 4.90 Å². The van der Waals surface area contributed by atoms with Crippen LogP contribution in [0, 0.1) is 13.8 Å². The molecule has 1 saturated heterocycles. The first kappa shape index (κ1) is 20.1. The van der Waals surface area contributed by atoms with Crippen molar-refractivity contribution in [2.45, 2.75) is 57.6 Å². The molecule has 3 heterocycles. The van der Waals surface area contributed by atoms with Gasteiger partial charge in [0.1, 0.15) is 6.33 Å².